The molecular formula is C18H25FN2O3S. The number of hydrogen-bond acceptors (Lipinski definition) is 4. The summed E-state index contributed by atoms with van der Waals surface area (Å²) >= 11 is 0. The maximum Gasteiger partial charge on any atom is 0.223 e. The maximum atomic E-state index is 13.9. The Hall–Kier alpha value is -1.47. The van der Waals surface area contributed by atoms with Gasteiger partial charge >= 0.3 is 0 Å². The molecule has 1 aromatic rings. The molecule has 0 saturated carbocycles. The number of rotatable bonds is 4. The van der Waals surface area contributed by atoms with Crippen molar-refractivity contribution in [3.05, 3.63) is 35.6 Å². The molecule has 2 aliphatic rings. The van der Waals surface area contributed by atoms with Crippen LogP contribution in [0.5, 0.6) is 0 Å². The summed E-state index contributed by atoms with van der Waals surface area (Å²) in [5.74, 6) is -0.800. The van der Waals surface area contributed by atoms with Gasteiger partial charge in [0, 0.05) is 43.1 Å². The van der Waals surface area contributed by atoms with Gasteiger partial charge in [-0.15, -0.1) is 0 Å². The summed E-state index contributed by atoms with van der Waals surface area (Å²) < 4.78 is 38.9. The molecular weight excluding hydrogens is 343 g/mol. The topological polar surface area (TPSA) is 66.5 Å². The molecule has 25 heavy (non-hydrogen) atoms. The molecule has 7 heteroatoms. The quantitative estimate of drug-likeness (QED) is 0.876. The predicted molar refractivity (Wildman–Crippen MR) is 94.1 cm³/mol. The molecule has 0 bridgehead atoms. The van der Waals surface area contributed by atoms with E-state index in [0.29, 0.717) is 31.6 Å². The zero-order chi connectivity index (χ0) is 18.2. The molecule has 3 atom stereocenters. The van der Waals surface area contributed by atoms with Crippen molar-refractivity contribution in [2.45, 2.75) is 38.1 Å². The normalized spacial score (nSPS) is 28.7. The van der Waals surface area contributed by atoms with Gasteiger partial charge in [0.05, 0.1) is 11.0 Å². The predicted octanol–water partition coefficient (Wildman–Crippen LogP) is 1.59. The molecule has 2 heterocycles. The maximum absolute atomic E-state index is 13.9. The largest absolute Gasteiger partial charge is 0.354 e. The van der Waals surface area contributed by atoms with Crippen LogP contribution < -0.4 is 5.32 Å². The second-order valence-electron chi connectivity index (χ2n) is 7.41. The molecule has 1 amide bonds. The standard InChI is InChI=1S/C18H25FN2O3S/c1-12(2)20-18(22)14-7-8-25(23,24)17-11-21(10-15(14)17)9-13-5-3-4-6-16(13)19/h3-6,12,14-15,17H,7-11H2,1-2H3,(H,20,22)/t14-,15+,17+/m0/s1. The molecule has 138 valence electrons. The van der Waals surface area contributed by atoms with Crippen molar-refractivity contribution >= 4 is 15.7 Å². The summed E-state index contributed by atoms with van der Waals surface area (Å²) in [6.07, 6.45) is 0.371. The van der Waals surface area contributed by atoms with Crippen molar-refractivity contribution < 1.29 is 17.6 Å². The highest BCUT2D eigenvalue weighted by molar-refractivity contribution is 7.92. The zero-order valence-corrected chi connectivity index (χ0v) is 15.4. The van der Waals surface area contributed by atoms with E-state index in [1.807, 2.05) is 18.7 Å². The Kier molecular flexibility index (Phi) is 5.16. The summed E-state index contributed by atoms with van der Waals surface area (Å²) in [5, 5.41) is 2.38. The van der Waals surface area contributed by atoms with Gasteiger partial charge in [0.1, 0.15) is 5.82 Å². The lowest BCUT2D eigenvalue weighted by Gasteiger charge is -2.32. The van der Waals surface area contributed by atoms with Crippen LogP contribution in [-0.2, 0) is 21.2 Å². The van der Waals surface area contributed by atoms with Crippen molar-refractivity contribution in [2.24, 2.45) is 11.8 Å². The molecule has 5 nitrogen and oxygen atoms in total. The minimum atomic E-state index is -3.21. The van der Waals surface area contributed by atoms with E-state index in [9.17, 15) is 17.6 Å². The van der Waals surface area contributed by atoms with E-state index in [1.54, 1.807) is 18.2 Å². The summed E-state index contributed by atoms with van der Waals surface area (Å²) in [6, 6.07) is 6.57. The van der Waals surface area contributed by atoms with Crippen molar-refractivity contribution in [3.63, 3.8) is 0 Å². The van der Waals surface area contributed by atoms with Crippen LogP contribution in [0.25, 0.3) is 0 Å². The van der Waals surface area contributed by atoms with Crippen molar-refractivity contribution in [1.29, 1.82) is 0 Å². The summed E-state index contributed by atoms with van der Waals surface area (Å²) in [6.45, 7) is 5.04. The van der Waals surface area contributed by atoms with Crippen molar-refractivity contribution in [2.75, 3.05) is 18.8 Å². The van der Waals surface area contributed by atoms with Gasteiger partial charge in [0.15, 0.2) is 9.84 Å². The van der Waals surface area contributed by atoms with Crippen LogP contribution >= 0.6 is 0 Å². The first kappa shape index (κ1) is 18.3. The van der Waals surface area contributed by atoms with Gasteiger partial charge in [-0.1, -0.05) is 18.2 Å². The lowest BCUT2D eigenvalue weighted by Crippen LogP contribution is -2.48. The van der Waals surface area contributed by atoms with Gasteiger partial charge in [0.25, 0.3) is 0 Å². The van der Waals surface area contributed by atoms with Crippen LogP contribution in [0, 0.1) is 17.7 Å². The first-order valence-electron chi connectivity index (χ1n) is 8.75. The Morgan fingerprint density at radius 3 is 2.72 bits per heavy atom. The number of nitrogens with zero attached hydrogens (tertiary/aromatic N) is 1. The van der Waals surface area contributed by atoms with Crippen molar-refractivity contribution in [1.82, 2.24) is 10.2 Å². The average Bonchev–Trinajstić information content (AvgIpc) is 2.94. The summed E-state index contributed by atoms with van der Waals surface area (Å²) in [4.78, 5) is 14.5. The van der Waals surface area contributed by atoms with Gasteiger partial charge in [0.2, 0.25) is 5.91 Å². The van der Waals surface area contributed by atoms with E-state index < -0.39 is 15.1 Å². The van der Waals surface area contributed by atoms with Crippen LogP contribution in [-0.4, -0.2) is 49.4 Å². The average molecular weight is 368 g/mol. The molecule has 2 aliphatic heterocycles. The monoisotopic (exact) mass is 368 g/mol. The van der Waals surface area contributed by atoms with E-state index >= 15 is 0 Å². The van der Waals surface area contributed by atoms with Crippen LogP contribution in [0.3, 0.4) is 0 Å². The molecule has 0 unspecified atom stereocenters. The number of nitrogens with one attached hydrogen (secondary N) is 1. The Morgan fingerprint density at radius 2 is 2.04 bits per heavy atom. The molecule has 2 fully saturated rings. The van der Waals surface area contributed by atoms with Gasteiger partial charge in [-0.3, -0.25) is 9.69 Å². The van der Waals surface area contributed by atoms with Gasteiger partial charge < -0.3 is 5.32 Å². The van der Waals surface area contributed by atoms with Gasteiger partial charge in [-0.25, -0.2) is 12.8 Å². The van der Waals surface area contributed by atoms with Gasteiger partial charge in [-0.05, 0) is 26.3 Å². The van der Waals surface area contributed by atoms with Crippen LogP contribution in [0.2, 0.25) is 0 Å². The minimum absolute atomic E-state index is 0.0282. The molecule has 2 saturated heterocycles. The van der Waals surface area contributed by atoms with Crippen LogP contribution in [0.15, 0.2) is 24.3 Å². The minimum Gasteiger partial charge on any atom is -0.354 e. The Morgan fingerprint density at radius 1 is 1.32 bits per heavy atom. The molecule has 0 spiro atoms. The van der Waals surface area contributed by atoms with Gasteiger partial charge in [-0.2, -0.15) is 0 Å². The zero-order valence-electron chi connectivity index (χ0n) is 14.6. The van der Waals surface area contributed by atoms with Crippen molar-refractivity contribution in [3.8, 4) is 0 Å². The second-order valence-corrected chi connectivity index (χ2v) is 9.75. The molecule has 0 aliphatic carbocycles. The lowest BCUT2D eigenvalue weighted by atomic mass is 9.87. The molecule has 3 rings (SSSR count). The first-order chi connectivity index (χ1) is 11.8. The van der Waals surface area contributed by atoms with E-state index in [4.69, 9.17) is 0 Å². The number of hydrogen-bond donors (Lipinski definition) is 1. The molecule has 1 aromatic carbocycles. The Bertz CT molecular complexity index is 750. The molecule has 0 aromatic heterocycles. The van der Waals surface area contributed by atoms with E-state index in [1.165, 1.54) is 6.07 Å². The highest BCUT2D eigenvalue weighted by atomic mass is 32.2. The Balaban J connectivity index is 1.78. The third kappa shape index (κ3) is 3.87. The fraction of sp³-hybridized carbons (Fsp3) is 0.611. The summed E-state index contributed by atoms with van der Waals surface area (Å²) in [5.41, 5.74) is 0.557. The number of sulfone groups is 1. The fourth-order valence-corrected chi connectivity index (χ4v) is 6.15. The number of amides is 1. The number of likely N-dealkylation sites (tertiary alicyclic amines) is 1. The van der Waals surface area contributed by atoms with E-state index in [-0.39, 0.29) is 35.4 Å². The number of halogens is 1. The number of carbonyl (C=O) groups excluding carboxylic acids is 1. The number of benzene rings is 1. The van der Waals surface area contributed by atoms with Crippen LogP contribution in [0.1, 0.15) is 25.8 Å². The lowest BCUT2D eigenvalue weighted by molar-refractivity contribution is -0.127. The number of fused-ring (bicyclic) bond motifs is 1. The highest BCUT2D eigenvalue weighted by Crippen LogP contribution is 2.37. The third-order valence-electron chi connectivity index (χ3n) is 5.20. The van der Waals surface area contributed by atoms with Crippen LogP contribution in [0.4, 0.5) is 4.39 Å². The van der Waals surface area contributed by atoms with E-state index in [2.05, 4.69) is 5.32 Å². The highest BCUT2D eigenvalue weighted by Gasteiger charge is 2.50. The first-order valence-corrected chi connectivity index (χ1v) is 10.5. The Labute approximate surface area is 148 Å². The molecule has 1 N–H and O–H groups in total. The number of carbonyl (C=O) groups is 1. The third-order valence-corrected chi connectivity index (χ3v) is 7.42. The smallest absolute Gasteiger partial charge is 0.223 e. The van der Waals surface area contributed by atoms with E-state index in [0.717, 1.165) is 0 Å². The molecule has 0 radical (unpaired) electrons. The fourth-order valence-electron chi connectivity index (χ4n) is 4.02. The SMILES string of the molecule is CC(C)NC(=O)[C@H]1CCS(=O)(=O)[C@@H]2CN(Cc3ccccc3F)C[C@H]12. The summed E-state index contributed by atoms with van der Waals surface area (Å²) in [7, 11) is -3.21. The second kappa shape index (κ2) is 7.03.